The van der Waals surface area contributed by atoms with Crippen molar-refractivity contribution in [3.05, 3.63) is 58.8 Å². The number of pyridine rings is 2. The second-order valence-electron chi connectivity index (χ2n) is 7.95. The van der Waals surface area contributed by atoms with Crippen molar-refractivity contribution in [3.8, 4) is 17.2 Å². The van der Waals surface area contributed by atoms with Gasteiger partial charge in [0.05, 0.1) is 6.04 Å². The number of hydrogen-bond donors (Lipinski definition) is 2. The average molecular weight is 377 g/mol. The van der Waals surface area contributed by atoms with Crippen molar-refractivity contribution in [1.82, 2.24) is 14.9 Å². The highest BCUT2D eigenvalue weighted by atomic mass is 16.2. The maximum absolute atomic E-state index is 12.5. The van der Waals surface area contributed by atoms with E-state index in [9.17, 15) is 14.9 Å². The van der Waals surface area contributed by atoms with Crippen molar-refractivity contribution in [2.24, 2.45) is 5.41 Å². The molecule has 1 fully saturated rings. The molecule has 0 radical (unpaired) electrons. The minimum Gasteiger partial charge on any atom is -0.374 e. The Kier molecular flexibility index (Phi) is 5.32. The highest BCUT2D eigenvalue weighted by Crippen LogP contribution is 2.23. The summed E-state index contributed by atoms with van der Waals surface area (Å²) in [7, 11) is 0. The second kappa shape index (κ2) is 7.69. The van der Waals surface area contributed by atoms with Crippen LogP contribution in [0.2, 0.25) is 0 Å². The topological polar surface area (TPSA) is 102 Å². The summed E-state index contributed by atoms with van der Waals surface area (Å²) < 4.78 is 0. The van der Waals surface area contributed by atoms with Crippen LogP contribution in [0, 0.1) is 16.7 Å². The minimum absolute atomic E-state index is 0.0349. The highest BCUT2D eigenvalue weighted by Gasteiger charge is 2.33. The molecule has 2 N–H and O–H groups in total. The number of rotatable bonds is 4. The molecule has 1 amide bonds. The van der Waals surface area contributed by atoms with Crippen molar-refractivity contribution in [2.75, 3.05) is 18.4 Å². The van der Waals surface area contributed by atoms with E-state index >= 15 is 0 Å². The van der Waals surface area contributed by atoms with E-state index in [0.29, 0.717) is 18.8 Å². The van der Waals surface area contributed by atoms with E-state index in [1.807, 2.05) is 39.0 Å². The third kappa shape index (κ3) is 4.46. The molecule has 0 spiro atoms. The van der Waals surface area contributed by atoms with Crippen LogP contribution in [0.3, 0.4) is 0 Å². The van der Waals surface area contributed by atoms with E-state index in [-0.39, 0.29) is 28.5 Å². The molecular weight excluding hydrogens is 354 g/mol. The van der Waals surface area contributed by atoms with Gasteiger partial charge in [0.25, 0.3) is 11.5 Å². The third-order valence-corrected chi connectivity index (χ3v) is 4.37. The first-order valence-electron chi connectivity index (χ1n) is 9.09. The van der Waals surface area contributed by atoms with Crippen LogP contribution in [0.5, 0.6) is 0 Å². The number of hydrogen-bond acceptors (Lipinski definition) is 5. The van der Waals surface area contributed by atoms with Crippen molar-refractivity contribution in [2.45, 2.75) is 26.8 Å². The van der Waals surface area contributed by atoms with Crippen molar-refractivity contribution in [1.29, 1.82) is 5.26 Å². The Morgan fingerprint density at radius 3 is 2.61 bits per heavy atom. The van der Waals surface area contributed by atoms with Crippen molar-refractivity contribution in [3.63, 3.8) is 0 Å². The van der Waals surface area contributed by atoms with Gasteiger partial charge in [0.15, 0.2) is 0 Å². The fraction of sp³-hybridized carbons (Fsp3) is 0.333. The number of aromatic nitrogens is 2. The summed E-state index contributed by atoms with van der Waals surface area (Å²) in [6, 6.07) is 7.49. The van der Waals surface area contributed by atoms with Gasteiger partial charge in [0.1, 0.15) is 17.3 Å². The van der Waals surface area contributed by atoms with E-state index in [2.05, 4.69) is 15.3 Å². The molecule has 28 heavy (non-hydrogen) atoms. The van der Waals surface area contributed by atoms with Gasteiger partial charge in [0, 0.05) is 37.2 Å². The van der Waals surface area contributed by atoms with Crippen LogP contribution in [-0.2, 0) is 4.79 Å². The van der Waals surface area contributed by atoms with Gasteiger partial charge >= 0.3 is 0 Å². The first kappa shape index (κ1) is 19.4. The predicted molar refractivity (Wildman–Crippen MR) is 107 cm³/mol. The number of carbonyl (C=O) groups is 1. The number of nitrogens with one attached hydrogen (secondary N) is 2. The molecular formula is C21H23N5O2. The fourth-order valence-electron chi connectivity index (χ4n) is 3.00. The number of anilines is 1. The Balaban J connectivity index is 1.67. The smallest absolute Gasteiger partial charge is 0.271 e. The molecule has 2 aromatic rings. The van der Waals surface area contributed by atoms with Gasteiger partial charge in [-0.15, -0.1) is 0 Å². The molecule has 0 aromatic carbocycles. The van der Waals surface area contributed by atoms with E-state index in [1.54, 1.807) is 35.6 Å². The number of carbonyl (C=O) groups excluding carboxylic acids is 1. The molecule has 3 rings (SSSR count). The standard InChI is InChI=1S/C21H23N5O2/c1-21(2,3)9-16(10-22)20(28)26-12-17(13-26)25-18-8-15(11-24-19(18)27)14-4-6-23-7-5-14/h4-9,11,17,25H,12-13H2,1-3H3,(H,24,27). The van der Waals surface area contributed by atoms with Gasteiger partial charge in [0.2, 0.25) is 0 Å². The Morgan fingerprint density at radius 1 is 1.32 bits per heavy atom. The summed E-state index contributed by atoms with van der Waals surface area (Å²) >= 11 is 0. The van der Waals surface area contributed by atoms with Gasteiger partial charge in [-0.2, -0.15) is 5.26 Å². The summed E-state index contributed by atoms with van der Waals surface area (Å²) in [5.74, 6) is -0.269. The maximum Gasteiger partial charge on any atom is 0.271 e. The number of aromatic amines is 1. The van der Waals surface area contributed by atoms with Crippen molar-refractivity contribution >= 4 is 11.6 Å². The van der Waals surface area contributed by atoms with Gasteiger partial charge in [-0.25, -0.2) is 0 Å². The summed E-state index contributed by atoms with van der Waals surface area (Å²) in [5, 5.41) is 12.5. The van der Waals surface area contributed by atoms with Crippen molar-refractivity contribution < 1.29 is 4.79 Å². The Bertz CT molecular complexity index is 990. The highest BCUT2D eigenvalue weighted by molar-refractivity contribution is 5.98. The monoisotopic (exact) mass is 377 g/mol. The van der Waals surface area contributed by atoms with Crippen LogP contribution < -0.4 is 10.9 Å². The SMILES string of the molecule is CC(C)(C)C=C(C#N)C(=O)N1CC(Nc2cc(-c3ccncc3)c[nH]c2=O)C1. The summed E-state index contributed by atoms with van der Waals surface area (Å²) in [6.07, 6.45) is 6.75. The predicted octanol–water partition coefficient (Wildman–Crippen LogP) is 2.56. The zero-order valence-electron chi connectivity index (χ0n) is 16.2. The lowest BCUT2D eigenvalue weighted by Gasteiger charge is -2.40. The first-order chi connectivity index (χ1) is 13.3. The molecule has 1 aliphatic heterocycles. The lowest BCUT2D eigenvalue weighted by molar-refractivity contribution is -0.130. The van der Waals surface area contributed by atoms with E-state index in [0.717, 1.165) is 11.1 Å². The van der Waals surface area contributed by atoms with Crippen LogP contribution in [0.25, 0.3) is 11.1 Å². The fourth-order valence-corrected chi connectivity index (χ4v) is 3.00. The van der Waals surface area contributed by atoms with E-state index < -0.39 is 0 Å². The Morgan fingerprint density at radius 2 is 2.00 bits per heavy atom. The molecule has 1 aliphatic rings. The molecule has 3 heterocycles. The van der Waals surface area contributed by atoms with Crippen LogP contribution in [-0.4, -0.2) is 39.9 Å². The van der Waals surface area contributed by atoms with Crippen LogP contribution in [0.4, 0.5) is 5.69 Å². The number of likely N-dealkylation sites (tertiary alicyclic amines) is 1. The summed E-state index contributed by atoms with van der Waals surface area (Å²) in [5.41, 5.74) is 1.97. The Labute approximate surface area is 163 Å². The molecule has 144 valence electrons. The van der Waals surface area contributed by atoms with Crippen LogP contribution in [0.15, 0.2) is 53.2 Å². The molecule has 1 saturated heterocycles. The molecule has 2 aromatic heterocycles. The minimum atomic E-state index is -0.269. The summed E-state index contributed by atoms with van der Waals surface area (Å²) in [4.78, 5) is 33.0. The molecule has 0 unspecified atom stereocenters. The molecule has 0 saturated carbocycles. The zero-order chi connectivity index (χ0) is 20.3. The largest absolute Gasteiger partial charge is 0.374 e. The maximum atomic E-state index is 12.5. The number of allylic oxidation sites excluding steroid dienone is 1. The van der Waals surface area contributed by atoms with Gasteiger partial charge in [-0.05, 0) is 29.2 Å². The van der Waals surface area contributed by atoms with Gasteiger partial charge < -0.3 is 15.2 Å². The molecule has 0 bridgehead atoms. The molecule has 7 heteroatoms. The van der Waals surface area contributed by atoms with E-state index in [4.69, 9.17) is 0 Å². The van der Waals surface area contributed by atoms with Gasteiger partial charge in [-0.3, -0.25) is 14.6 Å². The number of nitrogens with zero attached hydrogens (tertiary/aromatic N) is 3. The van der Waals surface area contributed by atoms with Crippen LogP contribution in [0.1, 0.15) is 20.8 Å². The third-order valence-electron chi connectivity index (χ3n) is 4.37. The van der Waals surface area contributed by atoms with Gasteiger partial charge in [-0.1, -0.05) is 26.8 Å². The molecule has 0 atom stereocenters. The first-order valence-corrected chi connectivity index (χ1v) is 9.09. The summed E-state index contributed by atoms with van der Waals surface area (Å²) in [6.45, 7) is 6.72. The zero-order valence-corrected chi connectivity index (χ0v) is 16.2. The lowest BCUT2D eigenvalue weighted by atomic mass is 9.93. The van der Waals surface area contributed by atoms with Crippen LogP contribution >= 0.6 is 0 Å². The number of nitriles is 1. The lowest BCUT2D eigenvalue weighted by Crippen LogP contribution is -2.57. The number of H-pyrrole nitrogens is 1. The second-order valence-corrected chi connectivity index (χ2v) is 7.95. The molecule has 7 nitrogen and oxygen atoms in total. The normalized spacial score (nSPS) is 14.9. The quantitative estimate of drug-likeness (QED) is 0.630. The van der Waals surface area contributed by atoms with E-state index in [1.165, 1.54) is 0 Å². The number of amides is 1. The Hall–Kier alpha value is -3.40. The average Bonchev–Trinajstić information content (AvgIpc) is 2.63. The molecule has 0 aliphatic carbocycles.